The first-order valence-electron chi connectivity index (χ1n) is 5.90. The van der Waals surface area contributed by atoms with E-state index in [0.717, 1.165) is 13.2 Å². The Morgan fingerprint density at radius 2 is 2.07 bits per heavy atom. The Balaban J connectivity index is 2.56. The van der Waals surface area contributed by atoms with Gasteiger partial charge < -0.3 is 10.1 Å². The highest BCUT2D eigenvalue weighted by atomic mass is 16.5. The molecule has 1 aliphatic heterocycles. The van der Waals surface area contributed by atoms with Gasteiger partial charge in [-0.1, -0.05) is 27.7 Å². The van der Waals surface area contributed by atoms with E-state index in [1.165, 1.54) is 19.3 Å². The van der Waals surface area contributed by atoms with Crippen molar-refractivity contribution < 1.29 is 4.74 Å². The van der Waals surface area contributed by atoms with Crippen molar-refractivity contribution in [2.24, 2.45) is 5.41 Å². The van der Waals surface area contributed by atoms with E-state index in [1.54, 1.807) is 0 Å². The summed E-state index contributed by atoms with van der Waals surface area (Å²) in [6, 6.07) is 0.493. The molecule has 1 saturated heterocycles. The molecule has 0 bridgehead atoms. The number of likely N-dealkylation sites (N-methyl/N-ethyl adjacent to an activating group) is 1. The maximum absolute atomic E-state index is 5.86. The molecule has 1 heterocycles. The van der Waals surface area contributed by atoms with Crippen LogP contribution in [0.1, 0.15) is 47.0 Å². The second-order valence-corrected chi connectivity index (χ2v) is 5.31. The van der Waals surface area contributed by atoms with Crippen molar-refractivity contribution in [3.8, 4) is 0 Å². The third-order valence-corrected chi connectivity index (χ3v) is 2.94. The second kappa shape index (κ2) is 5.13. The fraction of sp³-hybridized carbons (Fsp3) is 1.00. The number of hydrogen-bond acceptors (Lipinski definition) is 2. The zero-order chi connectivity index (χ0) is 10.6. The Labute approximate surface area is 88.4 Å². The normalized spacial score (nSPS) is 26.1. The molecule has 1 rings (SSSR count). The monoisotopic (exact) mass is 199 g/mol. The van der Waals surface area contributed by atoms with Crippen molar-refractivity contribution in [1.29, 1.82) is 0 Å². The van der Waals surface area contributed by atoms with E-state index in [9.17, 15) is 0 Å². The summed E-state index contributed by atoms with van der Waals surface area (Å²) in [5, 5.41) is 3.57. The summed E-state index contributed by atoms with van der Waals surface area (Å²) in [4.78, 5) is 0. The minimum atomic E-state index is 0.290. The predicted molar refractivity (Wildman–Crippen MR) is 60.5 cm³/mol. The van der Waals surface area contributed by atoms with Crippen molar-refractivity contribution >= 4 is 0 Å². The van der Waals surface area contributed by atoms with E-state index >= 15 is 0 Å². The highest BCUT2D eigenvalue weighted by Crippen LogP contribution is 2.28. The summed E-state index contributed by atoms with van der Waals surface area (Å²) < 4.78 is 5.86. The van der Waals surface area contributed by atoms with Crippen molar-refractivity contribution in [3.63, 3.8) is 0 Å². The van der Waals surface area contributed by atoms with E-state index in [1.807, 2.05) is 0 Å². The molecular weight excluding hydrogens is 174 g/mol. The smallest absolute Gasteiger partial charge is 0.0733 e. The molecule has 1 N–H and O–H groups in total. The third kappa shape index (κ3) is 3.25. The van der Waals surface area contributed by atoms with Gasteiger partial charge in [0, 0.05) is 12.6 Å². The molecule has 0 aliphatic carbocycles. The Kier molecular flexibility index (Phi) is 4.39. The van der Waals surface area contributed by atoms with Gasteiger partial charge >= 0.3 is 0 Å². The van der Waals surface area contributed by atoms with Gasteiger partial charge in [0.1, 0.15) is 0 Å². The SMILES string of the molecule is CCNC(C1CCCCO1)C(C)(C)C. The summed E-state index contributed by atoms with van der Waals surface area (Å²) >= 11 is 0. The van der Waals surface area contributed by atoms with Gasteiger partial charge in [0.05, 0.1) is 6.10 Å². The Bertz CT molecular complexity index is 156. The average Bonchev–Trinajstić information content (AvgIpc) is 2.14. The van der Waals surface area contributed by atoms with Crippen LogP contribution in [0, 0.1) is 5.41 Å². The van der Waals surface area contributed by atoms with Crippen molar-refractivity contribution in [1.82, 2.24) is 5.32 Å². The zero-order valence-electron chi connectivity index (χ0n) is 10.1. The zero-order valence-corrected chi connectivity index (χ0v) is 10.1. The van der Waals surface area contributed by atoms with Crippen molar-refractivity contribution in [2.45, 2.75) is 59.1 Å². The summed E-state index contributed by atoms with van der Waals surface area (Å²) in [6.07, 6.45) is 4.19. The van der Waals surface area contributed by atoms with Gasteiger partial charge in [-0.05, 0) is 31.2 Å². The summed E-state index contributed by atoms with van der Waals surface area (Å²) in [6.45, 7) is 11.0. The van der Waals surface area contributed by atoms with Crippen LogP contribution in [-0.4, -0.2) is 25.3 Å². The standard InChI is InChI=1S/C12H25NO/c1-5-13-11(12(2,3)4)10-8-6-7-9-14-10/h10-11,13H,5-9H2,1-4H3. The van der Waals surface area contributed by atoms with Crippen LogP contribution < -0.4 is 5.32 Å². The quantitative estimate of drug-likeness (QED) is 0.754. The molecule has 2 unspecified atom stereocenters. The Hall–Kier alpha value is -0.0800. The molecular formula is C12H25NO. The molecule has 84 valence electrons. The van der Waals surface area contributed by atoms with Crippen LogP contribution in [0.2, 0.25) is 0 Å². The molecule has 0 spiro atoms. The van der Waals surface area contributed by atoms with Gasteiger partial charge in [0.2, 0.25) is 0 Å². The highest BCUT2D eigenvalue weighted by molar-refractivity contribution is 4.88. The van der Waals surface area contributed by atoms with Gasteiger partial charge in [-0.25, -0.2) is 0 Å². The van der Waals surface area contributed by atoms with Gasteiger partial charge in [-0.2, -0.15) is 0 Å². The number of hydrogen-bond donors (Lipinski definition) is 1. The third-order valence-electron chi connectivity index (χ3n) is 2.94. The van der Waals surface area contributed by atoms with Gasteiger partial charge in [-0.15, -0.1) is 0 Å². The Morgan fingerprint density at radius 3 is 2.50 bits per heavy atom. The lowest BCUT2D eigenvalue weighted by Gasteiger charge is -2.39. The average molecular weight is 199 g/mol. The molecule has 1 aliphatic rings. The topological polar surface area (TPSA) is 21.3 Å². The molecule has 0 aromatic rings. The lowest BCUT2D eigenvalue weighted by atomic mass is 9.81. The van der Waals surface area contributed by atoms with Crippen LogP contribution in [0.4, 0.5) is 0 Å². The molecule has 0 amide bonds. The highest BCUT2D eigenvalue weighted by Gasteiger charge is 2.32. The maximum atomic E-state index is 5.86. The van der Waals surface area contributed by atoms with Crippen LogP contribution in [-0.2, 0) is 4.74 Å². The van der Waals surface area contributed by atoms with Crippen LogP contribution in [0.25, 0.3) is 0 Å². The fourth-order valence-corrected chi connectivity index (χ4v) is 2.24. The van der Waals surface area contributed by atoms with Gasteiger partial charge in [-0.3, -0.25) is 0 Å². The van der Waals surface area contributed by atoms with E-state index < -0.39 is 0 Å². The molecule has 2 heteroatoms. The first-order valence-corrected chi connectivity index (χ1v) is 5.90. The molecule has 1 fully saturated rings. The van der Waals surface area contributed by atoms with Gasteiger partial charge in [0.25, 0.3) is 0 Å². The van der Waals surface area contributed by atoms with Crippen molar-refractivity contribution in [3.05, 3.63) is 0 Å². The van der Waals surface area contributed by atoms with E-state index in [4.69, 9.17) is 4.74 Å². The minimum Gasteiger partial charge on any atom is -0.377 e. The van der Waals surface area contributed by atoms with Gasteiger partial charge in [0.15, 0.2) is 0 Å². The summed E-state index contributed by atoms with van der Waals surface area (Å²) in [7, 11) is 0. The Morgan fingerprint density at radius 1 is 1.36 bits per heavy atom. The van der Waals surface area contributed by atoms with E-state index in [0.29, 0.717) is 12.1 Å². The molecule has 2 nitrogen and oxygen atoms in total. The molecule has 0 radical (unpaired) electrons. The minimum absolute atomic E-state index is 0.290. The molecule has 14 heavy (non-hydrogen) atoms. The maximum Gasteiger partial charge on any atom is 0.0733 e. The van der Waals surface area contributed by atoms with Crippen molar-refractivity contribution in [2.75, 3.05) is 13.2 Å². The number of nitrogens with one attached hydrogen (secondary N) is 1. The van der Waals surface area contributed by atoms with Crippen LogP contribution in [0.5, 0.6) is 0 Å². The molecule has 0 aromatic heterocycles. The van der Waals surface area contributed by atoms with Crippen LogP contribution in [0.3, 0.4) is 0 Å². The number of ether oxygens (including phenoxy) is 1. The fourth-order valence-electron chi connectivity index (χ4n) is 2.24. The van der Waals surface area contributed by atoms with E-state index in [-0.39, 0.29) is 5.41 Å². The first kappa shape index (κ1) is 12.0. The first-order chi connectivity index (χ1) is 6.55. The number of rotatable bonds is 3. The lowest BCUT2D eigenvalue weighted by molar-refractivity contribution is -0.0322. The lowest BCUT2D eigenvalue weighted by Crippen LogP contribution is -2.50. The molecule has 0 saturated carbocycles. The largest absolute Gasteiger partial charge is 0.377 e. The molecule has 2 atom stereocenters. The second-order valence-electron chi connectivity index (χ2n) is 5.31. The predicted octanol–water partition coefficient (Wildman–Crippen LogP) is 2.58. The van der Waals surface area contributed by atoms with Crippen LogP contribution >= 0.6 is 0 Å². The van der Waals surface area contributed by atoms with Crippen LogP contribution in [0.15, 0.2) is 0 Å². The summed E-state index contributed by atoms with van der Waals surface area (Å²) in [5.41, 5.74) is 0.290. The summed E-state index contributed by atoms with van der Waals surface area (Å²) in [5.74, 6) is 0. The van der Waals surface area contributed by atoms with E-state index in [2.05, 4.69) is 33.0 Å². The molecule has 0 aromatic carbocycles.